The summed E-state index contributed by atoms with van der Waals surface area (Å²) in [4.78, 5) is 39.9. The Labute approximate surface area is 244 Å². The van der Waals surface area contributed by atoms with E-state index in [1.807, 2.05) is 19.2 Å². The van der Waals surface area contributed by atoms with E-state index in [0.29, 0.717) is 30.4 Å². The van der Waals surface area contributed by atoms with Crippen LogP contribution in [0, 0.1) is 5.41 Å². The first-order chi connectivity index (χ1) is 19.4. The van der Waals surface area contributed by atoms with Crippen LogP contribution in [0.15, 0.2) is 47.4 Å². The Morgan fingerprint density at radius 3 is 2.40 bits per heavy atom. The summed E-state index contributed by atoms with van der Waals surface area (Å²) in [7, 11) is 2.01. The minimum absolute atomic E-state index is 0.121. The highest BCUT2D eigenvalue weighted by atomic mass is 32.2. The summed E-state index contributed by atoms with van der Waals surface area (Å²) in [5, 5.41) is 2.19. The summed E-state index contributed by atoms with van der Waals surface area (Å²) < 4.78 is 0. The fourth-order valence-corrected chi connectivity index (χ4v) is 7.29. The lowest BCUT2D eigenvalue weighted by molar-refractivity contribution is -0.125. The Balaban J connectivity index is 1.30. The van der Waals surface area contributed by atoms with Crippen LogP contribution in [0.1, 0.15) is 91.8 Å². The molecule has 1 unspecified atom stereocenters. The predicted octanol–water partition coefficient (Wildman–Crippen LogP) is 6.21. The Hall–Kier alpha value is -2.48. The molecule has 1 aliphatic heterocycles. The number of rotatable bonds is 13. The van der Waals surface area contributed by atoms with Crippen molar-refractivity contribution in [1.29, 1.82) is 0 Å². The number of piperidine rings is 1. The average molecular weight is 564 g/mol. The lowest BCUT2D eigenvalue weighted by Crippen LogP contribution is -2.40. The molecular weight excluding hydrogens is 518 g/mol. The predicted molar refractivity (Wildman–Crippen MR) is 162 cm³/mol. The second-order valence-corrected chi connectivity index (χ2v) is 12.9. The molecule has 1 heterocycles. The Bertz CT molecular complexity index is 1120. The van der Waals surface area contributed by atoms with Crippen LogP contribution in [0.4, 0.5) is 0 Å². The van der Waals surface area contributed by atoms with Gasteiger partial charge >= 0.3 is 0 Å². The van der Waals surface area contributed by atoms with E-state index in [9.17, 15) is 14.4 Å². The van der Waals surface area contributed by atoms with Crippen molar-refractivity contribution in [2.75, 3.05) is 20.1 Å². The number of nitrogens with zero attached hydrogens (tertiary/aromatic N) is 2. The van der Waals surface area contributed by atoms with Gasteiger partial charge in [0.25, 0.3) is 0 Å². The maximum atomic E-state index is 11.9. The zero-order valence-electron chi connectivity index (χ0n) is 24.2. The first kappa shape index (κ1) is 30.5. The maximum Gasteiger partial charge on any atom is 0.226 e. The number of nitrogens with one attached hydrogen (secondary N) is 1. The SMILES string of the molecule is CC(CCC(=O)NC=O)N(C)Cc1c(C=O)cccc1SCc1ccc(CN2CCC3(CCCCC3)CC2)cc1. The molecule has 2 aromatic rings. The van der Waals surface area contributed by atoms with Crippen LogP contribution < -0.4 is 5.32 Å². The molecule has 40 heavy (non-hydrogen) atoms. The lowest BCUT2D eigenvalue weighted by atomic mass is 9.68. The van der Waals surface area contributed by atoms with Crippen LogP contribution in [-0.4, -0.2) is 54.6 Å². The molecule has 6 nitrogen and oxygen atoms in total. The Morgan fingerprint density at radius 2 is 1.73 bits per heavy atom. The summed E-state index contributed by atoms with van der Waals surface area (Å²) in [6.07, 6.45) is 12.2. The number of likely N-dealkylation sites (tertiary alicyclic amines) is 1. The van der Waals surface area contributed by atoms with Crippen molar-refractivity contribution in [2.45, 2.75) is 94.5 Å². The third-order valence-corrected chi connectivity index (χ3v) is 10.3. The third-order valence-electron chi connectivity index (χ3n) is 9.12. The maximum absolute atomic E-state index is 11.9. The topological polar surface area (TPSA) is 69.7 Å². The number of imide groups is 1. The van der Waals surface area contributed by atoms with Gasteiger partial charge in [0, 0.05) is 41.8 Å². The molecule has 2 amide bonds. The van der Waals surface area contributed by atoms with E-state index >= 15 is 0 Å². The molecule has 0 radical (unpaired) electrons. The monoisotopic (exact) mass is 563 g/mol. The molecule has 2 aromatic carbocycles. The minimum Gasteiger partial charge on any atom is -0.299 e. The van der Waals surface area contributed by atoms with Crippen molar-refractivity contribution in [3.05, 3.63) is 64.7 Å². The van der Waals surface area contributed by atoms with E-state index in [4.69, 9.17) is 0 Å². The molecule has 1 N–H and O–H groups in total. The van der Waals surface area contributed by atoms with Crippen molar-refractivity contribution in [3.8, 4) is 0 Å². The number of hydrogen-bond donors (Lipinski definition) is 1. The largest absolute Gasteiger partial charge is 0.299 e. The molecule has 2 aliphatic rings. The van der Waals surface area contributed by atoms with E-state index < -0.39 is 0 Å². The molecule has 1 spiro atoms. The first-order valence-corrected chi connectivity index (χ1v) is 15.8. The zero-order valence-corrected chi connectivity index (χ0v) is 25.0. The highest BCUT2D eigenvalue weighted by molar-refractivity contribution is 7.98. The molecular formula is C33H45N3O3S. The molecule has 7 heteroatoms. The van der Waals surface area contributed by atoms with Gasteiger partial charge in [0.15, 0.2) is 0 Å². The van der Waals surface area contributed by atoms with Gasteiger partial charge in [0.2, 0.25) is 12.3 Å². The van der Waals surface area contributed by atoms with E-state index in [1.54, 1.807) is 11.8 Å². The normalized spacial score (nSPS) is 18.0. The van der Waals surface area contributed by atoms with Gasteiger partial charge in [-0.05, 0) is 87.3 Å². The number of carbonyl (C=O) groups is 3. The van der Waals surface area contributed by atoms with Gasteiger partial charge in [-0.25, -0.2) is 0 Å². The highest BCUT2D eigenvalue weighted by Crippen LogP contribution is 2.44. The fourth-order valence-electron chi connectivity index (χ4n) is 6.25. The molecule has 2 fully saturated rings. The van der Waals surface area contributed by atoms with Gasteiger partial charge in [-0.1, -0.05) is 55.7 Å². The molecule has 0 aromatic heterocycles. The van der Waals surface area contributed by atoms with Gasteiger partial charge in [0.1, 0.15) is 6.29 Å². The van der Waals surface area contributed by atoms with Gasteiger partial charge in [-0.2, -0.15) is 0 Å². The molecule has 0 bridgehead atoms. The smallest absolute Gasteiger partial charge is 0.226 e. The average Bonchev–Trinajstić information content (AvgIpc) is 2.98. The van der Waals surface area contributed by atoms with Crippen molar-refractivity contribution in [3.63, 3.8) is 0 Å². The van der Waals surface area contributed by atoms with Crippen LogP contribution in [0.2, 0.25) is 0 Å². The first-order valence-electron chi connectivity index (χ1n) is 14.8. The standard InChI is InChI=1S/C33H45N3O3S/c1-26(9-14-32(39)34-25-38)35(2)22-30-29(23-37)7-6-8-31(30)40-24-28-12-10-27(11-13-28)21-36-19-17-33(18-20-36)15-4-3-5-16-33/h6-8,10-13,23,25-26H,3-5,9,14-22,24H2,1-2H3,(H,34,38,39). The summed E-state index contributed by atoms with van der Waals surface area (Å²) in [5.74, 6) is 0.571. The quantitative estimate of drug-likeness (QED) is 0.231. The van der Waals surface area contributed by atoms with Crippen LogP contribution in [0.3, 0.4) is 0 Å². The van der Waals surface area contributed by atoms with Crippen LogP contribution in [0.25, 0.3) is 0 Å². The van der Waals surface area contributed by atoms with Crippen molar-refractivity contribution in [2.24, 2.45) is 5.41 Å². The van der Waals surface area contributed by atoms with Crippen LogP contribution >= 0.6 is 11.8 Å². The Kier molecular flexibility index (Phi) is 11.4. The van der Waals surface area contributed by atoms with E-state index in [1.165, 1.54) is 69.2 Å². The van der Waals surface area contributed by atoms with Crippen molar-refractivity contribution < 1.29 is 14.4 Å². The minimum atomic E-state index is -0.269. The molecule has 1 atom stereocenters. The van der Waals surface area contributed by atoms with Gasteiger partial charge in [-0.15, -0.1) is 11.8 Å². The second-order valence-electron chi connectivity index (χ2n) is 11.9. The van der Waals surface area contributed by atoms with Gasteiger partial charge in [-0.3, -0.25) is 29.5 Å². The molecule has 4 rings (SSSR count). The molecule has 216 valence electrons. The van der Waals surface area contributed by atoms with E-state index in [0.717, 1.165) is 29.0 Å². The number of hydrogen-bond acceptors (Lipinski definition) is 6. The van der Waals surface area contributed by atoms with Crippen molar-refractivity contribution in [1.82, 2.24) is 15.1 Å². The number of carbonyl (C=O) groups excluding carboxylic acids is 3. The molecule has 1 aliphatic carbocycles. The second kappa shape index (κ2) is 14.9. The van der Waals surface area contributed by atoms with E-state index in [2.05, 4.69) is 52.4 Å². The zero-order chi connectivity index (χ0) is 28.4. The molecule has 1 saturated heterocycles. The third kappa shape index (κ3) is 8.51. The fraction of sp³-hybridized carbons (Fsp3) is 0.545. The number of aldehydes is 1. The van der Waals surface area contributed by atoms with E-state index in [-0.39, 0.29) is 18.4 Å². The molecule has 1 saturated carbocycles. The lowest BCUT2D eigenvalue weighted by Gasteiger charge is -2.44. The number of benzene rings is 2. The Morgan fingerprint density at radius 1 is 1.02 bits per heavy atom. The van der Waals surface area contributed by atoms with Crippen molar-refractivity contribution >= 4 is 30.4 Å². The summed E-state index contributed by atoms with van der Waals surface area (Å²) in [5.41, 5.74) is 5.03. The summed E-state index contributed by atoms with van der Waals surface area (Å²) >= 11 is 1.76. The van der Waals surface area contributed by atoms with Crippen LogP contribution in [-0.2, 0) is 28.4 Å². The summed E-state index contributed by atoms with van der Waals surface area (Å²) in [6.45, 7) is 6.17. The van der Waals surface area contributed by atoms with Crippen LogP contribution in [0.5, 0.6) is 0 Å². The summed E-state index contributed by atoms with van der Waals surface area (Å²) in [6, 6.07) is 15.1. The van der Waals surface area contributed by atoms with Gasteiger partial charge < -0.3 is 0 Å². The number of amides is 2. The van der Waals surface area contributed by atoms with Gasteiger partial charge in [0.05, 0.1) is 0 Å². The highest BCUT2D eigenvalue weighted by Gasteiger charge is 2.35. The number of thioether (sulfide) groups is 1.